The van der Waals surface area contributed by atoms with E-state index in [0.29, 0.717) is 91.1 Å². The van der Waals surface area contributed by atoms with Gasteiger partial charge in [0.05, 0.1) is 17.4 Å². The predicted octanol–water partition coefficient (Wildman–Crippen LogP) is 6.41. The van der Waals surface area contributed by atoms with E-state index in [1.54, 1.807) is 29.2 Å². The Labute approximate surface area is 390 Å². The number of piperidine rings is 1. The van der Waals surface area contributed by atoms with Crippen LogP contribution in [0.5, 0.6) is 5.75 Å². The molecule has 1 saturated heterocycles. The minimum Gasteiger partial charge on any atom is -0.406 e. The number of aliphatic hydroxyl groups is 1. The number of carbonyl (C=O) groups excluding carboxylic acids is 5. The van der Waals surface area contributed by atoms with Crippen molar-refractivity contribution in [1.82, 2.24) is 30.1 Å². The standard InChI is InChI=1S/C49H54F3N9O7/c1-47(2,17-19-54-34-11-6-10-32-39(34)45(66)61(44(32)65)36-14-15-37(62)58-43(36)64)26-48(3,4)46(67)55-18-7-20-59-25-33(40-41(53)56-27-57-42(40)59)29-12-13-35-30(24-29)16-21-60(35)38(63)23-28-8-5-9-31(22-28)68-49(50,51)52/h5-6,8-13,22,24-25,27,36,44,54,65H,7,14-21,23,26H2,1-4H3,(H,55,67)(H2,53,56,57)(H,58,62,64). The number of amides is 5. The van der Waals surface area contributed by atoms with E-state index in [1.165, 1.54) is 24.5 Å². The zero-order valence-corrected chi connectivity index (χ0v) is 38.2. The number of nitrogens with one attached hydrogen (secondary N) is 3. The highest BCUT2D eigenvalue weighted by Crippen LogP contribution is 2.41. The van der Waals surface area contributed by atoms with Crippen LogP contribution < -0.4 is 31.3 Å². The van der Waals surface area contributed by atoms with Crippen molar-refractivity contribution in [3.63, 3.8) is 0 Å². The van der Waals surface area contributed by atoms with Gasteiger partial charge < -0.3 is 35.7 Å². The molecule has 16 nitrogen and oxygen atoms in total. The van der Waals surface area contributed by atoms with E-state index in [2.05, 4.69) is 44.5 Å². The van der Waals surface area contributed by atoms with Crippen LogP contribution in [0.15, 0.2) is 73.2 Å². The molecule has 0 saturated carbocycles. The van der Waals surface area contributed by atoms with Crippen LogP contribution in [-0.2, 0) is 38.6 Å². The number of rotatable bonds is 16. The molecule has 2 unspecified atom stereocenters. The van der Waals surface area contributed by atoms with Crippen molar-refractivity contribution in [1.29, 1.82) is 0 Å². The molecule has 3 aliphatic heterocycles. The zero-order valence-electron chi connectivity index (χ0n) is 38.2. The van der Waals surface area contributed by atoms with E-state index >= 15 is 0 Å². The monoisotopic (exact) mass is 937 g/mol. The predicted molar refractivity (Wildman–Crippen MR) is 247 cm³/mol. The molecule has 2 aromatic heterocycles. The summed E-state index contributed by atoms with van der Waals surface area (Å²) in [5.41, 5.74) is 11.0. The number of benzene rings is 3. The maximum absolute atomic E-state index is 13.7. The van der Waals surface area contributed by atoms with Crippen LogP contribution in [0.3, 0.4) is 0 Å². The van der Waals surface area contributed by atoms with Crippen LogP contribution in [0.25, 0.3) is 22.2 Å². The number of imide groups is 1. The van der Waals surface area contributed by atoms with E-state index in [4.69, 9.17) is 5.73 Å². The number of anilines is 3. The fourth-order valence-corrected chi connectivity index (χ4v) is 9.90. The number of nitrogens with two attached hydrogens (primary N) is 1. The average Bonchev–Trinajstić information content (AvgIpc) is 3.94. The summed E-state index contributed by atoms with van der Waals surface area (Å²) in [7, 11) is 0. The first-order chi connectivity index (χ1) is 32.2. The second-order valence-corrected chi connectivity index (χ2v) is 19.0. The summed E-state index contributed by atoms with van der Waals surface area (Å²) in [5, 5.41) is 20.5. The lowest BCUT2D eigenvalue weighted by Crippen LogP contribution is -2.53. The lowest BCUT2D eigenvalue weighted by molar-refractivity contribution is -0.274. The van der Waals surface area contributed by atoms with Crippen LogP contribution in [0, 0.1) is 10.8 Å². The number of aryl methyl sites for hydroxylation is 1. The number of aliphatic hydroxyl groups excluding tert-OH is 1. The van der Waals surface area contributed by atoms with Crippen molar-refractivity contribution in [3.8, 4) is 16.9 Å². The number of alkyl halides is 3. The first kappa shape index (κ1) is 47.5. The van der Waals surface area contributed by atoms with Crippen molar-refractivity contribution < 1.29 is 47.0 Å². The van der Waals surface area contributed by atoms with Gasteiger partial charge in [-0.15, -0.1) is 13.2 Å². The molecule has 2 atom stereocenters. The molecule has 68 heavy (non-hydrogen) atoms. The molecule has 3 aromatic carbocycles. The third kappa shape index (κ3) is 9.98. The van der Waals surface area contributed by atoms with Crippen molar-refractivity contribution >= 4 is 57.8 Å². The van der Waals surface area contributed by atoms with Gasteiger partial charge in [-0.05, 0) is 84.5 Å². The first-order valence-electron chi connectivity index (χ1n) is 22.6. The lowest BCUT2D eigenvalue weighted by Gasteiger charge is -2.34. The number of carbonyl (C=O) groups is 5. The summed E-state index contributed by atoms with van der Waals surface area (Å²) >= 11 is 0. The molecular weight excluding hydrogens is 884 g/mol. The molecule has 5 aromatic rings. The van der Waals surface area contributed by atoms with E-state index < -0.39 is 41.8 Å². The van der Waals surface area contributed by atoms with Gasteiger partial charge >= 0.3 is 6.36 Å². The van der Waals surface area contributed by atoms with Gasteiger partial charge in [-0.1, -0.05) is 58.0 Å². The Bertz CT molecular complexity index is 2810. The summed E-state index contributed by atoms with van der Waals surface area (Å²) in [6.07, 6.45) is -0.303. The number of hydrogen-bond donors (Lipinski definition) is 5. The molecule has 5 amide bonds. The molecular formula is C49H54F3N9O7. The Hall–Kier alpha value is -7.02. The molecule has 358 valence electrons. The third-order valence-electron chi connectivity index (χ3n) is 12.9. The number of ether oxygens (including phenoxy) is 1. The number of aromatic nitrogens is 3. The lowest BCUT2D eigenvalue weighted by atomic mass is 9.73. The second-order valence-electron chi connectivity index (χ2n) is 19.0. The SMILES string of the molecule is CC(C)(CCNc1cccc2c1C(=O)N(C1CCC(=O)NC1=O)C2O)CC(C)(C)C(=O)NCCCn1cc(-c2ccc3c(c2)CCN3C(=O)Cc2cccc(OC(F)(F)F)c2)c2c(N)ncnc21. The van der Waals surface area contributed by atoms with Gasteiger partial charge in [-0.2, -0.15) is 0 Å². The van der Waals surface area contributed by atoms with Gasteiger partial charge in [-0.3, -0.25) is 34.2 Å². The molecule has 19 heteroatoms. The summed E-state index contributed by atoms with van der Waals surface area (Å²) in [4.78, 5) is 76.5. The van der Waals surface area contributed by atoms with Crippen LogP contribution in [0.2, 0.25) is 0 Å². The van der Waals surface area contributed by atoms with Crippen LogP contribution >= 0.6 is 0 Å². The number of nitrogen functional groups attached to an aromatic ring is 1. The second kappa shape index (κ2) is 18.6. The van der Waals surface area contributed by atoms with Crippen molar-refractivity contribution in [3.05, 3.63) is 95.4 Å². The van der Waals surface area contributed by atoms with E-state index in [-0.39, 0.29) is 42.2 Å². The largest absolute Gasteiger partial charge is 0.573 e. The molecule has 8 rings (SSSR count). The fraction of sp³-hybridized carbons (Fsp3) is 0.408. The Morgan fingerprint density at radius 2 is 1.76 bits per heavy atom. The fourth-order valence-electron chi connectivity index (χ4n) is 9.90. The van der Waals surface area contributed by atoms with Crippen LogP contribution in [0.4, 0.5) is 30.4 Å². The van der Waals surface area contributed by atoms with Gasteiger partial charge in [0.2, 0.25) is 23.6 Å². The smallest absolute Gasteiger partial charge is 0.406 e. The summed E-state index contributed by atoms with van der Waals surface area (Å²) in [5.74, 6) is -1.92. The molecule has 3 aliphatic rings. The van der Waals surface area contributed by atoms with Gasteiger partial charge in [-0.25, -0.2) is 9.97 Å². The summed E-state index contributed by atoms with van der Waals surface area (Å²) in [6.45, 7) is 9.80. The average molecular weight is 938 g/mol. The molecule has 5 heterocycles. The topological polar surface area (TPSA) is 214 Å². The number of nitrogens with zero attached hydrogens (tertiary/aromatic N) is 5. The van der Waals surface area contributed by atoms with Gasteiger partial charge in [0, 0.05) is 66.7 Å². The van der Waals surface area contributed by atoms with Crippen molar-refractivity contribution in [2.45, 2.75) is 97.8 Å². The zero-order chi connectivity index (χ0) is 48.7. The highest BCUT2D eigenvalue weighted by molar-refractivity contribution is 6.08. The van der Waals surface area contributed by atoms with Gasteiger partial charge in [0.15, 0.2) is 6.23 Å². The Kier molecular flexibility index (Phi) is 13.0. The van der Waals surface area contributed by atoms with Crippen molar-refractivity contribution in [2.75, 3.05) is 35.6 Å². The molecule has 0 aliphatic carbocycles. The molecule has 0 bridgehead atoms. The normalized spacial score (nSPS) is 17.3. The Balaban J connectivity index is 0.850. The molecule has 0 radical (unpaired) electrons. The number of halogens is 3. The van der Waals surface area contributed by atoms with Crippen LogP contribution in [0.1, 0.15) is 93.1 Å². The molecule has 0 spiro atoms. The molecule has 6 N–H and O–H groups in total. The number of fused-ring (bicyclic) bond motifs is 3. The van der Waals surface area contributed by atoms with Gasteiger partial charge in [0.25, 0.3) is 5.91 Å². The highest BCUT2D eigenvalue weighted by Gasteiger charge is 2.45. The van der Waals surface area contributed by atoms with Crippen molar-refractivity contribution in [2.24, 2.45) is 10.8 Å². The third-order valence-corrected chi connectivity index (χ3v) is 12.9. The Morgan fingerprint density at radius 3 is 2.53 bits per heavy atom. The first-order valence-corrected chi connectivity index (χ1v) is 22.6. The highest BCUT2D eigenvalue weighted by atomic mass is 19.4. The minimum absolute atomic E-state index is 0.0740. The Morgan fingerprint density at radius 1 is 0.985 bits per heavy atom. The quantitative estimate of drug-likeness (QED) is 0.0538. The van der Waals surface area contributed by atoms with E-state index in [1.807, 2.05) is 42.8 Å². The van der Waals surface area contributed by atoms with E-state index in [0.717, 1.165) is 27.3 Å². The number of hydrogen-bond acceptors (Lipinski definition) is 11. The summed E-state index contributed by atoms with van der Waals surface area (Å²) < 4.78 is 44.3. The minimum atomic E-state index is -4.84. The van der Waals surface area contributed by atoms with Crippen LogP contribution in [-0.4, -0.2) is 86.1 Å². The maximum Gasteiger partial charge on any atom is 0.573 e. The summed E-state index contributed by atoms with van der Waals surface area (Å²) in [6, 6.07) is 15.4. The maximum atomic E-state index is 13.7. The van der Waals surface area contributed by atoms with Gasteiger partial charge in [0.1, 0.15) is 29.6 Å². The van der Waals surface area contributed by atoms with E-state index in [9.17, 15) is 42.3 Å². The molecule has 1 fully saturated rings.